The van der Waals surface area contributed by atoms with E-state index in [1.54, 1.807) is 12.1 Å². The van der Waals surface area contributed by atoms with Crippen LogP contribution in [0.1, 0.15) is 12.2 Å². The van der Waals surface area contributed by atoms with E-state index >= 15 is 0 Å². The Balaban J connectivity index is 2.01. The molecule has 0 aromatic carbocycles. The Kier molecular flexibility index (Phi) is 3.57. The molecule has 1 saturated heterocycles. The lowest BCUT2D eigenvalue weighted by Gasteiger charge is -2.22. The van der Waals surface area contributed by atoms with Gasteiger partial charge < -0.3 is 4.42 Å². The number of carbonyl (C=O) groups is 2. The number of aliphatic imine (C=N–C) groups is 1. The van der Waals surface area contributed by atoms with Crippen molar-refractivity contribution in [1.29, 1.82) is 0 Å². The van der Waals surface area contributed by atoms with Gasteiger partial charge in [-0.25, -0.2) is 4.99 Å². The Morgan fingerprint density at radius 1 is 1.39 bits per heavy atom. The third-order valence-corrected chi connectivity index (χ3v) is 2.49. The summed E-state index contributed by atoms with van der Waals surface area (Å²) in [5, 5.41) is 5.07. The lowest BCUT2D eigenvalue weighted by atomic mass is 10.0. The number of rotatable bonds is 4. The summed E-state index contributed by atoms with van der Waals surface area (Å²) in [4.78, 5) is 27.3. The van der Waals surface area contributed by atoms with E-state index < -0.39 is 5.92 Å². The van der Waals surface area contributed by atoms with Gasteiger partial charge in [-0.2, -0.15) is 0 Å². The predicted octanol–water partition coefficient (Wildman–Crippen LogP) is 0.574. The normalized spacial score (nSPS) is 19.1. The molecule has 0 radical (unpaired) electrons. The summed E-state index contributed by atoms with van der Waals surface area (Å²) >= 11 is 0. The van der Waals surface area contributed by atoms with Gasteiger partial charge in [-0.15, -0.1) is 6.58 Å². The zero-order chi connectivity index (χ0) is 13.0. The minimum atomic E-state index is -0.731. The maximum absolute atomic E-state index is 11.6. The number of nitrogens with one attached hydrogen (secondary N) is 2. The quantitative estimate of drug-likeness (QED) is 0.602. The van der Waals surface area contributed by atoms with Crippen LogP contribution in [0.3, 0.4) is 0 Å². The summed E-state index contributed by atoms with van der Waals surface area (Å²) in [5.74, 6) is -0.653. The third-order valence-electron chi connectivity index (χ3n) is 2.49. The molecule has 0 aliphatic carbocycles. The molecule has 2 heterocycles. The highest BCUT2D eigenvalue weighted by Crippen LogP contribution is 2.08. The molecule has 1 aromatic rings. The SMILES string of the molecule is C=CCC1C(=O)NC(=NCc2ccco2)NC1=O. The summed E-state index contributed by atoms with van der Waals surface area (Å²) in [6, 6.07) is 3.50. The number of hydrogen-bond acceptors (Lipinski definition) is 4. The van der Waals surface area contributed by atoms with Crippen LogP contribution in [-0.4, -0.2) is 17.8 Å². The topological polar surface area (TPSA) is 83.7 Å². The van der Waals surface area contributed by atoms with Gasteiger partial charge in [-0.05, 0) is 18.6 Å². The fraction of sp³-hybridized carbons (Fsp3) is 0.250. The molecule has 0 spiro atoms. The van der Waals surface area contributed by atoms with Gasteiger partial charge in [0.2, 0.25) is 17.8 Å². The molecule has 2 amide bonds. The first-order valence-corrected chi connectivity index (χ1v) is 5.50. The standard InChI is InChI=1S/C12H13N3O3/c1-2-4-9-10(16)14-12(15-11(9)17)13-7-8-5-3-6-18-8/h2-3,5-6,9H,1,4,7H2,(H2,13,14,15,16,17). The molecule has 0 unspecified atom stereocenters. The van der Waals surface area contributed by atoms with Crippen molar-refractivity contribution in [2.45, 2.75) is 13.0 Å². The van der Waals surface area contributed by atoms with Gasteiger partial charge in [0.15, 0.2) is 0 Å². The van der Waals surface area contributed by atoms with Gasteiger partial charge in [-0.3, -0.25) is 20.2 Å². The molecule has 0 atom stereocenters. The number of nitrogens with zero attached hydrogens (tertiary/aromatic N) is 1. The lowest BCUT2D eigenvalue weighted by Crippen LogP contribution is -2.56. The second-order valence-electron chi connectivity index (χ2n) is 3.80. The number of amides is 2. The van der Waals surface area contributed by atoms with Gasteiger partial charge >= 0.3 is 0 Å². The van der Waals surface area contributed by atoms with E-state index in [9.17, 15) is 9.59 Å². The first kappa shape index (κ1) is 12.1. The van der Waals surface area contributed by atoms with E-state index in [0.717, 1.165) is 0 Å². The van der Waals surface area contributed by atoms with Crippen LogP contribution in [0.15, 0.2) is 40.5 Å². The molecule has 1 aliphatic rings. The monoisotopic (exact) mass is 247 g/mol. The number of guanidine groups is 1. The zero-order valence-electron chi connectivity index (χ0n) is 9.68. The molecule has 1 aromatic heterocycles. The Hall–Kier alpha value is -2.37. The number of carbonyl (C=O) groups excluding carboxylic acids is 2. The van der Waals surface area contributed by atoms with Crippen molar-refractivity contribution < 1.29 is 14.0 Å². The number of allylic oxidation sites excluding steroid dienone is 1. The molecule has 18 heavy (non-hydrogen) atoms. The van der Waals surface area contributed by atoms with E-state index in [1.807, 2.05) is 0 Å². The highest BCUT2D eigenvalue weighted by molar-refractivity contribution is 6.17. The molecule has 2 rings (SSSR count). The van der Waals surface area contributed by atoms with E-state index in [0.29, 0.717) is 12.2 Å². The van der Waals surface area contributed by atoms with Gasteiger partial charge in [-0.1, -0.05) is 6.08 Å². The smallest absolute Gasteiger partial charge is 0.239 e. The first-order valence-electron chi connectivity index (χ1n) is 5.50. The molecule has 94 valence electrons. The fourth-order valence-corrected chi connectivity index (χ4v) is 1.58. The summed E-state index contributed by atoms with van der Waals surface area (Å²) in [7, 11) is 0. The van der Waals surface area contributed by atoms with Gasteiger partial charge in [0.05, 0.1) is 6.26 Å². The Morgan fingerprint density at radius 2 is 2.11 bits per heavy atom. The predicted molar refractivity (Wildman–Crippen MR) is 64.4 cm³/mol. The fourth-order valence-electron chi connectivity index (χ4n) is 1.58. The van der Waals surface area contributed by atoms with Crippen molar-refractivity contribution in [2.24, 2.45) is 10.9 Å². The van der Waals surface area contributed by atoms with Crippen molar-refractivity contribution in [1.82, 2.24) is 10.6 Å². The highest BCUT2D eigenvalue weighted by Gasteiger charge is 2.31. The van der Waals surface area contributed by atoms with Crippen molar-refractivity contribution >= 4 is 17.8 Å². The molecule has 0 saturated carbocycles. The molecule has 2 N–H and O–H groups in total. The summed E-state index contributed by atoms with van der Waals surface area (Å²) < 4.78 is 5.09. The minimum absolute atomic E-state index is 0.154. The van der Waals surface area contributed by atoms with Crippen LogP contribution < -0.4 is 10.6 Å². The first-order chi connectivity index (χ1) is 8.70. The van der Waals surface area contributed by atoms with Crippen LogP contribution in [0.4, 0.5) is 0 Å². The van der Waals surface area contributed by atoms with Crippen molar-refractivity contribution in [3.05, 3.63) is 36.8 Å². The molecule has 0 bridgehead atoms. The van der Waals surface area contributed by atoms with Crippen LogP contribution in [0.2, 0.25) is 0 Å². The summed E-state index contributed by atoms with van der Waals surface area (Å²) in [5.41, 5.74) is 0. The van der Waals surface area contributed by atoms with Crippen molar-refractivity contribution in [2.75, 3.05) is 0 Å². The average Bonchev–Trinajstić information content (AvgIpc) is 2.84. The van der Waals surface area contributed by atoms with Crippen molar-refractivity contribution in [3.8, 4) is 0 Å². The molecule has 1 aliphatic heterocycles. The van der Waals surface area contributed by atoms with Gasteiger partial charge in [0.25, 0.3) is 0 Å². The average molecular weight is 247 g/mol. The second kappa shape index (κ2) is 5.31. The number of hydrogen-bond donors (Lipinski definition) is 2. The highest BCUT2D eigenvalue weighted by atomic mass is 16.3. The summed E-state index contributed by atoms with van der Waals surface area (Å²) in [6.07, 6.45) is 3.38. The van der Waals surface area contributed by atoms with E-state index in [1.165, 1.54) is 12.3 Å². The van der Waals surface area contributed by atoms with Crippen LogP contribution in [0.25, 0.3) is 0 Å². The summed E-state index contributed by atoms with van der Waals surface area (Å²) in [6.45, 7) is 3.77. The van der Waals surface area contributed by atoms with Crippen molar-refractivity contribution in [3.63, 3.8) is 0 Å². The third kappa shape index (κ3) is 2.65. The largest absolute Gasteiger partial charge is 0.467 e. The van der Waals surface area contributed by atoms with Gasteiger partial charge in [0, 0.05) is 0 Å². The Morgan fingerprint density at radius 3 is 2.67 bits per heavy atom. The molecule has 1 fully saturated rings. The van der Waals surface area contributed by atoms with Crippen LogP contribution in [0, 0.1) is 5.92 Å². The lowest BCUT2D eigenvalue weighted by molar-refractivity contribution is -0.135. The molecular formula is C12H13N3O3. The molecule has 6 heteroatoms. The van der Waals surface area contributed by atoms with E-state index in [4.69, 9.17) is 4.42 Å². The van der Waals surface area contributed by atoms with Crippen LogP contribution in [-0.2, 0) is 16.1 Å². The van der Waals surface area contributed by atoms with Crippen LogP contribution in [0.5, 0.6) is 0 Å². The number of furan rings is 1. The van der Waals surface area contributed by atoms with E-state index in [-0.39, 0.29) is 24.3 Å². The Bertz CT molecular complexity index is 471. The zero-order valence-corrected chi connectivity index (χ0v) is 9.68. The van der Waals surface area contributed by atoms with Gasteiger partial charge in [0.1, 0.15) is 18.2 Å². The Labute approximate surface area is 104 Å². The second-order valence-corrected chi connectivity index (χ2v) is 3.80. The van der Waals surface area contributed by atoms with Crippen LogP contribution >= 0.6 is 0 Å². The maximum Gasteiger partial charge on any atom is 0.239 e. The van der Waals surface area contributed by atoms with E-state index in [2.05, 4.69) is 22.2 Å². The molecule has 6 nitrogen and oxygen atoms in total. The maximum atomic E-state index is 11.6. The minimum Gasteiger partial charge on any atom is -0.467 e. The molecular weight excluding hydrogens is 234 g/mol.